The minimum absolute atomic E-state index is 0.337. The summed E-state index contributed by atoms with van der Waals surface area (Å²) in [5.74, 6) is 0. The van der Waals surface area contributed by atoms with Crippen LogP contribution in [0.15, 0.2) is 17.7 Å². The minimum atomic E-state index is -0.883. The van der Waals surface area contributed by atoms with E-state index < -0.39 is 7.92 Å². The van der Waals surface area contributed by atoms with Crippen molar-refractivity contribution in [1.29, 1.82) is 0 Å². The molecule has 0 nitrogen and oxygen atoms in total. The van der Waals surface area contributed by atoms with Crippen molar-refractivity contribution in [3.05, 3.63) is 40.0 Å². The van der Waals surface area contributed by atoms with E-state index in [0.29, 0.717) is 5.16 Å². The summed E-state index contributed by atoms with van der Waals surface area (Å²) in [6.45, 7) is 19.2. The standard InChI is InChI=1S/C18H29P/c1-11(2)19(8)18(7)15(6)14(5)16-12(3)9-10-13(4)17(16)18/h9-11H,19H2,1-8H3. The van der Waals surface area contributed by atoms with Crippen molar-refractivity contribution < 1.29 is 0 Å². The van der Waals surface area contributed by atoms with Gasteiger partial charge in [0.2, 0.25) is 0 Å². The molecule has 1 atom stereocenters. The van der Waals surface area contributed by atoms with E-state index in [9.17, 15) is 0 Å². The SMILES string of the molecule is CC1=C(C)C(C)([PH2](C)C(C)C)c2c(C)ccc(C)c21. The molecule has 0 radical (unpaired) electrons. The monoisotopic (exact) mass is 276 g/mol. The van der Waals surface area contributed by atoms with Crippen LogP contribution in [0.4, 0.5) is 0 Å². The molecule has 1 aliphatic carbocycles. The van der Waals surface area contributed by atoms with Gasteiger partial charge in [-0.3, -0.25) is 0 Å². The van der Waals surface area contributed by atoms with Crippen LogP contribution in [-0.2, 0) is 5.16 Å². The van der Waals surface area contributed by atoms with Gasteiger partial charge in [-0.2, -0.15) is 0 Å². The Kier molecular flexibility index (Phi) is 3.69. The maximum atomic E-state index is 2.55. The van der Waals surface area contributed by atoms with Crippen molar-refractivity contribution in [3.63, 3.8) is 0 Å². The average molecular weight is 276 g/mol. The van der Waals surface area contributed by atoms with Crippen LogP contribution >= 0.6 is 7.92 Å². The van der Waals surface area contributed by atoms with Crippen LogP contribution in [0, 0.1) is 13.8 Å². The van der Waals surface area contributed by atoms with Crippen molar-refractivity contribution >= 4 is 13.5 Å². The normalized spacial score (nSPS) is 23.1. The molecule has 0 bridgehead atoms. The summed E-state index contributed by atoms with van der Waals surface area (Å²) < 4.78 is 0. The van der Waals surface area contributed by atoms with Crippen LogP contribution in [-0.4, -0.2) is 12.3 Å². The zero-order chi connectivity index (χ0) is 14.5. The predicted molar refractivity (Wildman–Crippen MR) is 92.3 cm³/mol. The Morgan fingerprint density at radius 1 is 1.00 bits per heavy atom. The van der Waals surface area contributed by atoms with E-state index in [2.05, 4.69) is 67.3 Å². The molecule has 0 aliphatic heterocycles. The van der Waals surface area contributed by atoms with Crippen molar-refractivity contribution in [3.8, 4) is 0 Å². The summed E-state index contributed by atoms with van der Waals surface area (Å²) in [5, 5.41) is 0.337. The summed E-state index contributed by atoms with van der Waals surface area (Å²) in [6, 6.07) is 4.61. The van der Waals surface area contributed by atoms with E-state index in [1.54, 1.807) is 22.3 Å². The van der Waals surface area contributed by atoms with Crippen molar-refractivity contribution in [2.75, 3.05) is 6.66 Å². The number of allylic oxidation sites excluding steroid dienone is 2. The molecule has 1 aromatic rings. The second kappa shape index (κ2) is 4.74. The van der Waals surface area contributed by atoms with Crippen molar-refractivity contribution in [1.82, 2.24) is 0 Å². The predicted octanol–water partition coefficient (Wildman–Crippen LogP) is 5.31. The van der Waals surface area contributed by atoms with Crippen LogP contribution in [0.3, 0.4) is 0 Å². The molecule has 1 heteroatoms. The third-order valence-corrected chi connectivity index (χ3v) is 10.3. The van der Waals surface area contributed by atoms with E-state index >= 15 is 0 Å². The quantitative estimate of drug-likeness (QED) is 0.642. The Morgan fingerprint density at radius 2 is 1.53 bits per heavy atom. The molecule has 106 valence electrons. The molecule has 0 spiro atoms. The van der Waals surface area contributed by atoms with Gasteiger partial charge in [-0.25, -0.2) is 0 Å². The van der Waals surface area contributed by atoms with Gasteiger partial charge in [0, 0.05) is 0 Å². The fraction of sp³-hybridized carbons (Fsp3) is 0.556. The zero-order valence-electron chi connectivity index (χ0n) is 13.8. The molecule has 0 saturated heterocycles. The van der Waals surface area contributed by atoms with Crippen LogP contribution in [0.5, 0.6) is 0 Å². The van der Waals surface area contributed by atoms with Crippen molar-refractivity contribution in [2.24, 2.45) is 0 Å². The first kappa shape index (κ1) is 14.8. The first-order valence-corrected chi connectivity index (χ1v) is 9.91. The van der Waals surface area contributed by atoms with E-state index in [1.807, 2.05) is 0 Å². The molecule has 2 rings (SSSR count). The third-order valence-electron chi connectivity index (χ3n) is 5.77. The molecule has 0 fully saturated rings. The Bertz CT molecular complexity index is 551. The van der Waals surface area contributed by atoms with Crippen LogP contribution in [0.1, 0.15) is 56.9 Å². The van der Waals surface area contributed by atoms with Gasteiger partial charge in [0.15, 0.2) is 0 Å². The van der Waals surface area contributed by atoms with Gasteiger partial charge in [-0.15, -0.1) is 0 Å². The molecule has 0 amide bonds. The number of benzene rings is 1. The van der Waals surface area contributed by atoms with Crippen LogP contribution in [0.25, 0.3) is 5.57 Å². The van der Waals surface area contributed by atoms with E-state index in [-0.39, 0.29) is 0 Å². The number of fused-ring (bicyclic) bond motifs is 1. The number of hydrogen-bond acceptors (Lipinski definition) is 0. The number of rotatable bonds is 2. The Labute approximate surface area is 120 Å². The fourth-order valence-corrected chi connectivity index (χ4v) is 7.02. The van der Waals surface area contributed by atoms with Crippen LogP contribution in [0.2, 0.25) is 0 Å². The molecule has 1 unspecified atom stereocenters. The Morgan fingerprint density at radius 3 is 2.05 bits per heavy atom. The van der Waals surface area contributed by atoms with Gasteiger partial charge < -0.3 is 0 Å². The molecule has 0 N–H and O–H groups in total. The molecule has 1 aromatic carbocycles. The van der Waals surface area contributed by atoms with Gasteiger partial charge in [-0.05, 0) is 0 Å². The molecular formula is C18H29P. The molecule has 19 heavy (non-hydrogen) atoms. The summed E-state index contributed by atoms with van der Waals surface area (Å²) in [5.41, 5.74) is 10.1. The van der Waals surface area contributed by atoms with Crippen LogP contribution < -0.4 is 0 Å². The van der Waals surface area contributed by atoms with Gasteiger partial charge in [0.1, 0.15) is 0 Å². The molecule has 0 aromatic heterocycles. The number of aryl methyl sites for hydroxylation is 2. The Hall–Kier alpha value is -0.610. The van der Waals surface area contributed by atoms with E-state index in [4.69, 9.17) is 0 Å². The molecule has 0 saturated carbocycles. The maximum absolute atomic E-state index is 2.55. The second-order valence-electron chi connectivity index (χ2n) is 6.93. The summed E-state index contributed by atoms with van der Waals surface area (Å²) >= 11 is 0. The first-order chi connectivity index (χ1) is 8.72. The summed E-state index contributed by atoms with van der Waals surface area (Å²) in [4.78, 5) is 0. The topological polar surface area (TPSA) is 0 Å². The molecular weight excluding hydrogens is 247 g/mol. The van der Waals surface area contributed by atoms with Gasteiger partial charge in [0.05, 0.1) is 0 Å². The zero-order valence-corrected chi connectivity index (χ0v) is 15.0. The summed E-state index contributed by atoms with van der Waals surface area (Å²) in [7, 11) is -0.883. The molecule has 0 heterocycles. The van der Waals surface area contributed by atoms with Gasteiger partial charge in [0.25, 0.3) is 0 Å². The Balaban J connectivity index is 2.79. The van der Waals surface area contributed by atoms with Gasteiger partial charge in [-0.1, -0.05) is 0 Å². The van der Waals surface area contributed by atoms with Crippen molar-refractivity contribution in [2.45, 2.75) is 59.3 Å². The van der Waals surface area contributed by atoms with Gasteiger partial charge >= 0.3 is 119 Å². The molecule has 1 aliphatic rings. The van der Waals surface area contributed by atoms with E-state index in [0.717, 1.165) is 5.66 Å². The fourth-order valence-electron chi connectivity index (χ4n) is 3.96. The average Bonchev–Trinajstić information content (AvgIpc) is 2.56. The second-order valence-corrected chi connectivity index (χ2v) is 11.0. The first-order valence-electron chi connectivity index (χ1n) is 7.51. The van der Waals surface area contributed by atoms with E-state index in [1.165, 1.54) is 11.1 Å². The third kappa shape index (κ3) is 1.91. The summed E-state index contributed by atoms with van der Waals surface area (Å²) in [6.07, 6.45) is 0. The number of hydrogen-bond donors (Lipinski definition) is 0.